The standard InChI is InChI=1S/C19H23ClN2O3S/c1-13(2)11-18(14-7-5-4-6-8-14)21-19(23)16-10-9-15(12-17(16)20)22-26(3,24)25/h4-10,12-13,18,22H,11H2,1-3H3,(H,21,23)/t18-/m1/s1. The minimum Gasteiger partial charge on any atom is -0.345 e. The Bertz CT molecular complexity index is 868. The topological polar surface area (TPSA) is 75.3 Å². The lowest BCUT2D eigenvalue weighted by molar-refractivity contribution is 0.0932. The van der Waals surface area contributed by atoms with Gasteiger partial charge in [-0.05, 0) is 36.1 Å². The molecule has 0 bridgehead atoms. The lowest BCUT2D eigenvalue weighted by Gasteiger charge is -2.21. The fourth-order valence-corrected chi connectivity index (χ4v) is 3.47. The van der Waals surface area contributed by atoms with E-state index in [0.29, 0.717) is 17.2 Å². The van der Waals surface area contributed by atoms with E-state index in [0.717, 1.165) is 18.2 Å². The van der Waals surface area contributed by atoms with Gasteiger partial charge in [-0.15, -0.1) is 0 Å². The van der Waals surface area contributed by atoms with Crippen LogP contribution in [0.15, 0.2) is 48.5 Å². The second kappa shape index (κ2) is 8.56. The monoisotopic (exact) mass is 394 g/mol. The van der Waals surface area contributed by atoms with Gasteiger partial charge in [-0.2, -0.15) is 0 Å². The molecule has 0 saturated carbocycles. The van der Waals surface area contributed by atoms with Gasteiger partial charge in [-0.3, -0.25) is 9.52 Å². The molecule has 0 spiro atoms. The summed E-state index contributed by atoms with van der Waals surface area (Å²) in [5.41, 5.74) is 1.65. The molecule has 26 heavy (non-hydrogen) atoms. The van der Waals surface area contributed by atoms with Crippen LogP contribution in [0.25, 0.3) is 0 Å². The molecule has 0 heterocycles. The molecule has 2 aromatic carbocycles. The number of carbonyl (C=O) groups is 1. The third-order valence-corrected chi connectivity index (χ3v) is 4.65. The van der Waals surface area contributed by atoms with Crippen molar-refractivity contribution >= 4 is 33.2 Å². The van der Waals surface area contributed by atoms with Crippen molar-refractivity contribution in [3.63, 3.8) is 0 Å². The Labute approximate surface area is 159 Å². The highest BCUT2D eigenvalue weighted by molar-refractivity contribution is 7.92. The molecule has 2 rings (SSSR count). The van der Waals surface area contributed by atoms with Gasteiger partial charge in [0.25, 0.3) is 5.91 Å². The highest BCUT2D eigenvalue weighted by Crippen LogP contribution is 2.25. The molecule has 2 N–H and O–H groups in total. The van der Waals surface area contributed by atoms with Crippen molar-refractivity contribution < 1.29 is 13.2 Å². The molecule has 1 amide bonds. The summed E-state index contributed by atoms with van der Waals surface area (Å²) in [5, 5.41) is 3.21. The van der Waals surface area contributed by atoms with Gasteiger partial charge in [0.2, 0.25) is 10.0 Å². The van der Waals surface area contributed by atoms with Crippen molar-refractivity contribution in [1.82, 2.24) is 5.32 Å². The number of sulfonamides is 1. The van der Waals surface area contributed by atoms with Crippen LogP contribution in [-0.2, 0) is 10.0 Å². The molecule has 0 saturated heterocycles. The lowest BCUT2D eigenvalue weighted by atomic mass is 9.96. The average Bonchev–Trinajstić information content (AvgIpc) is 2.53. The molecule has 140 valence electrons. The van der Waals surface area contributed by atoms with E-state index in [4.69, 9.17) is 11.6 Å². The van der Waals surface area contributed by atoms with Gasteiger partial charge in [0, 0.05) is 5.69 Å². The third kappa shape index (κ3) is 6.04. The molecule has 0 radical (unpaired) electrons. The molecule has 0 aliphatic rings. The molecule has 2 aromatic rings. The predicted octanol–water partition coefficient (Wildman–Crippen LogP) is 4.23. The van der Waals surface area contributed by atoms with E-state index in [2.05, 4.69) is 23.9 Å². The first-order valence-corrected chi connectivity index (χ1v) is 10.6. The minimum atomic E-state index is -3.40. The van der Waals surface area contributed by atoms with Crippen molar-refractivity contribution in [3.05, 3.63) is 64.7 Å². The second-order valence-corrected chi connectivity index (χ2v) is 8.79. The van der Waals surface area contributed by atoms with Gasteiger partial charge in [-0.25, -0.2) is 8.42 Å². The van der Waals surface area contributed by atoms with Gasteiger partial charge < -0.3 is 5.32 Å². The molecular weight excluding hydrogens is 372 g/mol. The first-order chi connectivity index (χ1) is 12.2. The Kier molecular flexibility index (Phi) is 6.67. The maximum absolute atomic E-state index is 12.7. The normalized spacial score (nSPS) is 12.7. The number of nitrogens with one attached hydrogen (secondary N) is 2. The van der Waals surface area contributed by atoms with Crippen molar-refractivity contribution in [2.45, 2.75) is 26.3 Å². The van der Waals surface area contributed by atoms with Crippen LogP contribution in [0.3, 0.4) is 0 Å². The summed E-state index contributed by atoms with van der Waals surface area (Å²) in [7, 11) is -3.40. The molecule has 0 fully saturated rings. The van der Waals surface area contributed by atoms with E-state index in [1.807, 2.05) is 30.3 Å². The number of anilines is 1. The van der Waals surface area contributed by atoms with Gasteiger partial charge in [0.1, 0.15) is 0 Å². The Morgan fingerprint density at radius 2 is 1.77 bits per heavy atom. The zero-order valence-electron chi connectivity index (χ0n) is 15.0. The summed E-state index contributed by atoms with van der Waals surface area (Å²) >= 11 is 6.19. The number of amides is 1. The fourth-order valence-electron chi connectivity index (χ4n) is 2.65. The van der Waals surface area contributed by atoms with Crippen LogP contribution in [0.5, 0.6) is 0 Å². The lowest BCUT2D eigenvalue weighted by Crippen LogP contribution is -2.29. The van der Waals surface area contributed by atoms with Crippen LogP contribution in [0.2, 0.25) is 5.02 Å². The largest absolute Gasteiger partial charge is 0.345 e. The maximum Gasteiger partial charge on any atom is 0.253 e. The van der Waals surface area contributed by atoms with E-state index in [-0.39, 0.29) is 17.0 Å². The third-order valence-electron chi connectivity index (χ3n) is 3.73. The SMILES string of the molecule is CC(C)C[C@@H](NC(=O)c1ccc(NS(C)(=O)=O)cc1Cl)c1ccccc1. The molecule has 5 nitrogen and oxygen atoms in total. The summed E-state index contributed by atoms with van der Waals surface area (Å²) in [6, 6.07) is 14.1. The molecule has 0 aromatic heterocycles. The molecule has 0 aliphatic carbocycles. The van der Waals surface area contributed by atoms with Crippen LogP contribution < -0.4 is 10.0 Å². The van der Waals surface area contributed by atoms with Crippen molar-refractivity contribution in [1.29, 1.82) is 0 Å². The van der Waals surface area contributed by atoms with Gasteiger partial charge in [0.05, 0.1) is 22.9 Å². The number of hydrogen-bond acceptors (Lipinski definition) is 3. The van der Waals surface area contributed by atoms with E-state index in [1.54, 1.807) is 0 Å². The summed E-state index contributed by atoms with van der Waals surface area (Å²) < 4.78 is 24.9. The second-order valence-electron chi connectivity index (χ2n) is 6.64. The van der Waals surface area contributed by atoms with Crippen LogP contribution >= 0.6 is 11.6 Å². The highest BCUT2D eigenvalue weighted by atomic mass is 35.5. The van der Waals surface area contributed by atoms with Crippen molar-refractivity contribution in [2.75, 3.05) is 11.0 Å². The molecule has 7 heteroatoms. The predicted molar refractivity (Wildman–Crippen MR) is 106 cm³/mol. The van der Waals surface area contributed by atoms with E-state index in [1.165, 1.54) is 18.2 Å². The Morgan fingerprint density at radius 1 is 1.12 bits per heavy atom. The number of carbonyl (C=O) groups excluding carboxylic acids is 1. The summed E-state index contributed by atoms with van der Waals surface area (Å²) in [4.78, 5) is 12.7. The van der Waals surface area contributed by atoms with Crippen LogP contribution in [-0.4, -0.2) is 20.6 Å². The summed E-state index contributed by atoms with van der Waals surface area (Å²) in [6.45, 7) is 4.20. The van der Waals surface area contributed by atoms with E-state index >= 15 is 0 Å². The Balaban J connectivity index is 2.21. The Morgan fingerprint density at radius 3 is 2.31 bits per heavy atom. The number of benzene rings is 2. The van der Waals surface area contributed by atoms with Crippen LogP contribution in [0.4, 0.5) is 5.69 Å². The van der Waals surface area contributed by atoms with Gasteiger partial charge in [0.15, 0.2) is 0 Å². The summed E-state index contributed by atoms with van der Waals surface area (Å²) in [5.74, 6) is 0.104. The van der Waals surface area contributed by atoms with Crippen LogP contribution in [0, 0.1) is 5.92 Å². The molecular formula is C19H23ClN2O3S. The van der Waals surface area contributed by atoms with E-state index < -0.39 is 10.0 Å². The fraction of sp³-hybridized carbons (Fsp3) is 0.316. The summed E-state index contributed by atoms with van der Waals surface area (Å²) in [6.07, 6.45) is 1.85. The van der Waals surface area contributed by atoms with E-state index in [9.17, 15) is 13.2 Å². The van der Waals surface area contributed by atoms with Crippen LogP contribution in [0.1, 0.15) is 42.2 Å². The van der Waals surface area contributed by atoms with Gasteiger partial charge >= 0.3 is 0 Å². The number of hydrogen-bond donors (Lipinski definition) is 2. The first-order valence-electron chi connectivity index (χ1n) is 8.29. The zero-order valence-corrected chi connectivity index (χ0v) is 16.6. The molecule has 0 unspecified atom stereocenters. The van der Waals surface area contributed by atoms with Crippen molar-refractivity contribution in [2.24, 2.45) is 5.92 Å². The molecule has 1 atom stereocenters. The number of halogens is 1. The first kappa shape index (κ1) is 20.3. The van der Waals surface area contributed by atoms with Crippen molar-refractivity contribution in [3.8, 4) is 0 Å². The molecule has 0 aliphatic heterocycles. The highest BCUT2D eigenvalue weighted by Gasteiger charge is 2.19. The number of rotatable bonds is 7. The van der Waals surface area contributed by atoms with Gasteiger partial charge in [-0.1, -0.05) is 55.8 Å². The maximum atomic E-state index is 12.7. The Hall–Kier alpha value is -2.05. The minimum absolute atomic E-state index is 0.131. The smallest absolute Gasteiger partial charge is 0.253 e. The zero-order chi connectivity index (χ0) is 19.3. The average molecular weight is 395 g/mol. The quantitative estimate of drug-likeness (QED) is 0.737.